The molecule has 1 aromatic heterocycles. The fraction of sp³-hybridized carbons (Fsp3) is 0.0833. The summed E-state index contributed by atoms with van der Waals surface area (Å²) in [5, 5.41) is 0.578. The molecule has 2 nitrogen and oxygen atoms in total. The molecule has 0 atom stereocenters. The highest BCUT2D eigenvalue weighted by molar-refractivity contribution is 7.18. The number of ketones is 1. The highest BCUT2D eigenvalue weighted by atomic mass is 35.5. The molecular formula is C12H8Cl2O2S. The van der Waals surface area contributed by atoms with Crippen molar-refractivity contribution >= 4 is 40.3 Å². The van der Waals surface area contributed by atoms with Gasteiger partial charge in [0.25, 0.3) is 0 Å². The van der Waals surface area contributed by atoms with Crippen molar-refractivity contribution in [2.75, 3.05) is 6.61 Å². The van der Waals surface area contributed by atoms with Crippen LogP contribution >= 0.6 is 34.5 Å². The average molecular weight is 287 g/mol. The minimum Gasteiger partial charge on any atom is -0.485 e. The molecule has 0 aliphatic carbocycles. The van der Waals surface area contributed by atoms with Crippen LogP contribution in [0.25, 0.3) is 0 Å². The summed E-state index contributed by atoms with van der Waals surface area (Å²) in [4.78, 5) is 12.3. The topological polar surface area (TPSA) is 26.3 Å². The van der Waals surface area contributed by atoms with E-state index in [0.717, 1.165) is 0 Å². The van der Waals surface area contributed by atoms with Gasteiger partial charge in [-0.3, -0.25) is 4.79 Å². The van der Waals surface area contributed by atoms with Crippen LogP contribution in [0.3, 0.4) is 0 Å². The maximum Gasteiger partial charge on any atom is 0.210 e. The van der Waals surface area contributed by atoms with Crippen molar-refractivity contribution in [3.8, 4) is 5.75 Å². The van der Waals surface area contributed by atoms with Crippen LogP contribution in [-0.2, 0) is 0 Å². The first-order valence-corrected chi connectivity index (χ1v) is 6.39. The molecule has 0 saturated carbocycles. The highest BCUT2D eigenvalue weighted by Crippen LogP contribution is 2.22. The molecule has 0 fully saturated rings. The van der Waals surface area contributed by atoms with Gasteiger partial charge in [0.1, 0.15) is 5.75 Å². The van der Waals surface area contributed by atoms with Crippen LogP contribution in [0.1, 0.15) is 9.67 Å². The normalized spacial score (nSPS) is 10.2. The largest absolute Gasteiger partial charge is 0.485 e. The molecule has 0 bridgehead atoms. The van der Waals surface area contributed by atoms with Crippen LogP contribution in [0.4, 0.5) is 0 Å². The Morgan fingerprint density at radius 2 is 2.06 bits per heavy atom. The fourth-order valence-electron chi connectivity index (χ4n) is 1.24. The number of Topliss-reactive ketones (excluding diaryl/α,β-unsaturated/α-hetero) is 1. The van der Waals surface area contributed by atoms with Gasteiger partial charge in [0.2, 0.25) is 5.78 Å². The van der Waals surface area contributed by atoms with E-state index >= 15 is 0 Å². The van der Waals surface area contributed by atoms with E-state index < -0.39 is 0 Å². The zero-order chi connectivity index (χ0) is 12.3. The Bertz CT molecular complexity index is 537. The summed E-state index contributed by atoms with van der Waals surface area (Å²) in [5.41, 5.74) is 0. The van der Waals surface area contributed by atoms with E-state index in [1.54, 1.807) is 36.4 Å². The zero-order valence-electron chi connectivity index (χ0n) is 8.65. The van der Waals surface area contributed by atoms with Crippen molar-refractivity contribution in [2.24, 2.45) is 0 Å². The first-order chi connectivity index (χ1) is 8.15. The van der Waals surface area contributed by atoms with Crippen molar-refractivity contribution in [1.82, 2.24) is 0 Å². The summed E-state index contributed by atoms with van der Waals surface area (Å²) in [6.45, 7) is -0.0167. The van der Waals surface area contributed by atoms with E-state index in [2.05, 4.69) is 0 Å². The summed E-state index contributed by atoms with van der Waals surface area (Å²) in [6.07, 6.45) is 0. The highest BCUT2D eigenvalue weighted by Gasteiger charge is 2.09. The molecule has 1 aromatic carbocycles. The summed E-state index contributed by atoms with van der Waals surface area (Å²) in [6, 6.07) is 10.3. The molecule has 17 heavy (non-hydrogen) atoms. The second-order valence-electron chi connectivity index (χ2n) is 3.27. The van der Waals surface area contributed by atoms with E-state index in [-0.39, 0.29) is 12.4 Å². The second kappa shape index (κ2) is 5.54. The molecule has 88 valence electrons. The van der Waals surface area contributed by atoms with Gasteiger partial charge in [-0.05, 0) is 30.3 Å². The molecule has 0 aliphatic rings. The number of hydrogen-bond donors (Lipinski definition) is 0. The molecule has 2 rings (SSSR count). The van der Waals surface area contributed by atoms with Crippen molar-refractivity contribution in [1.29, 1.82) is 0 Å². The molecule has 1 heterocycles. The van der Waals surface area contributed by atoms with Crippen molar-refractivity contribution in [3.05, 3.63) is 50.6 Å². The fourth-order valence-corrected chi connectivity index (χ4v) is 2.39. The van der Waals surface area contributed by atoms with Gasteiger partial charge in [-0.1, -0.05) is 29.3 Å². The third-order valence-corrected chi connectivity index (χ3v) is 3.52. The van der Waals surface area contributed by atoms with Crippen LogP contribution in [0.2, 0.25) is 9.36 Å². The number of halogens is 2. The Labute approximate surface area is 113 Å². The number of hydrogen-bond acceptors (Lipinski definition) is 3. The minimum absolute atomic E-state index is 0.0167. The lowest BCUT2D eigenvalue weighted by Gasteiger charge is -2.04. The Morgan fingerprint density at radius 3 is 2.71 bits per heavy atom. The Balaban J connectivity index is 1.97. The summed E-state index contributed by atoms with van der Waals surface area (Å²) >= 11 is 12.8. The number of rotatable bonds is 4. The van der Waals surface area contributed by atoms with Gasteiger partial charge in [-0.15, -0.1) is 11.3 Å². The summed E-state index contributed by atoms with van der Waals surface area (Å²) < 4.78 is 5.94. The lowest BCUT2D eigenvalue weighted by atomic mass is 10.3. The van der Waals surface area contributed by atoms with Crippen molar-refractivity contribution < 1.29 is 9.53 Å². The maximum atomic E-state index is 11.7. The van der Waals surface area contributed by atoms with E-state index in [0.29, 0.717) is 20.0 Å². The van der Waals surface area contributed by atoms with Crippen LogP contribution in [-0.4, -0.2) is 12.4 Å². The van der Waals surface area contributed by atoms with Crippen molar-refractivity contribution in [3.63, 3.8) is 0 Å². The number of carbonyl (C=O) groups is 1. The third-order valence-electron chi connectivity index (χ3n) is 2.01. The predicted octanol–water partition coefficient (Wildman–Crippen LogP) is 4.32. The van der Waals surface area contributed by atoms with Gasteiger partial charge in [-0.25, -0.2) is 0 Å². The van der Waals surface area contributed by atoms with E-state index in [1.165, 1.54) is 11.3 Å². The van der Waals surface area contributed by atoms with Gasteiger partial charge < -0.3 is 4.74 Å². The van der Waals surface area contributed by atoms with Crippen LogP contribution in [0.15, 0.2) is 36.4 Å². The Kier molecular flexibility index (Phi) is 4.05. The number of carbonyl (C=O) groups excluding carboxylic acids is 1. The summed E-state index contributed by atoms with van der Waals surface area (Å²) in [7, 11) is 0. The van der Waals surface area contributed by atoms with Crippen molar-refractivity contribution in [2.45, 2.75) is 0 Å². The molecule has 0 radical (unpaired) electrons. The lowest BCUT2D eigenvalue weighted by molar-refractivity contribution is 0.0925. The van der Waals surface area contributed by atoms with E-state index in [1.807, 2.05) is 0 Å². The van der Waals surface area contributed by atoms with E-state index in [4.69, 9.17) is 27.9 Å². The molecular weight excluding hydrogens is 279 g/mol. The van der Waals surface area contributed by atoms with Gasteiger partial charge >= 0.3 is 0 Å². The molecule has 0 aliphatic heterocycles. The molecule has 0 amide bonds. The van der Waals surface area contributed by atoms with Crippen LogP contribution in [0.5, 0.6) is 5.75 Å². The molecule has 0 unspecified atom stereocenters. The lowest BCUT2D eigenvalue weighted by Crippen LogP contribution is -2.09. The number of thiophene rings is 1. The van der Waals surface area contributed by atoms with E-state index in [9.17, 15) is 4.79 Å². The Morgan fingerprint density at radius 1 is 1.24 bits per heavy atom. The van der Waals surface area contributed by atoms with Crippen LogP contribution in [0, 0.1) is 0 Å². The van der Waals surface area contributed by atoms with Gasteiger partial charge in [0.15, 0.2) is 6.61 Å². The maximum absolute atomic E-state index is 11.7. The average Bonchev–Trinajstić information content (AvgIpc) is 2.73. The molecule has 0 saturated heterocycles. The predicted molar refractivity (Wildman–Crippen MR) is 70.6 cm³/mol. The third kappa shape index (κ3) is 3.46. The number of ether oxygens (including phenoxy) is 1. The summed E-state index contributed by atoms with van der Waals surface area (Å²) in [5.74, 6) is 0.482. The second-order valence-corrected chi connectivity index (χ2v) is 5.42. The molecule has 2 aromatic rings. The molecule has 5 heteroatoms. The first kappa shape index (κ1) is 12.4. The van der Waals surface area contributed by atoms with Gasteiger partial charge in [0.05, 0.1) is 9.21 Å². The SMILES string of the molecule is O=C(COc1cccc(Cl)c1)c1ccc(Cl)s1. The molecule has 0 N–H and O–H groups in total. The Hall–Kier alpha value is -1.03. The van der Waals surface area contributed by atoms with Gasteiger partial charge in [0, 0.05) is 5.02 Å². The first-order valence-electron chi connectivity index (χ1n) is 4.82. The smallest absolute Gasteiger partial charge is 0.210 e. The monoisotopic (exact) mass is 286 g/mol. The zero-order valence-corrected chi connectivity index (χ0v) is 11.0. The quantitative estimate of drug-likeness (QED) is 0.783. The molecule has 0 spiro atoms. The van der Waals surface area contributed by atoms with Crippen LogP contribution < -0.4 is 4.74 Å². The number of benzene rings is 1. The standard InChI is InChI=1S/C12H8Cl2O2S/c13-8-2-1-3-9(6-8)16-7-10(15)11-4-5-12(14)17-11/h1-6H,7H2. The van der Waals surface area contributed by atoms with Gasteiger partial charge in [-0.2, -0.15) is 0 Å². The minimum atomic E-state index is -0.0955.